The van der Waals surface area contributed by atoms with Gasteiger partial charge in [0.05, 0.1) is 0 Å². The average molecular weight is 698 g/mol. The van der Waals surface area contributed by atoms with Gasteiger partial charge in [0, 0.05) is 0 Å². The first kappa shape index (κ1) is 51.0. The van der Waals surface area contributed by atoms with Crippen LogP contribution in [-0.4, -0.2) is 0 Å². The van der Waals surface area contributed by atoms with Crippen LogP contribution in [0.2, 0.25) is 0 Å². The summed E-state index contributed by atoms with van der Waals surface area (Å²) in [5.41, 5.74) is 0. The molecule has 0 fully saturated rings. The van der Waals surface area contributed by atoms with Crippen molar-refractivity contribution in [2.24, 2.45) is 0 Å². The van der Waals surface area contributed by atoms with E-state index in [2.05, 4.69) is 25.7 Å². The van der Waals surface area contributed by atoms with Gasteiger partial charge in [-0.15, -0.1) is 0 Å². The molecule has 0 aliphatic heterocycles. The molecule has 0 spiro atoms. The van der Waals surface area contributed by atoms with Crippen molar-refractivity contribution < 1.29 is 16.5 Å². The third kappa shape index (κ3) is 55.3. The SMILES string of the molecule is [C-]#CCCCCCCCCCCCCCCCCCCCCC.[C-]#CCCCCCCCCCCCCCCCCCCCCC.[Ni+2]. The maximum atomic E-state index is 6.86. The summed E-state index contributed by atoms with van der Waals surface area (Å²) in [5.74, 6) is 4.95. The van der Waals surface area contributed by atoms with Gasteiger partial charge in [-0.3, -0.25) is 0 Å². The van der Waals surface area contributed by atoms with Crippen LogP contribution in [-0.2, 0) is 16.5 Å². The van der Waals surface area contributed by atoms with Gasteiger partial charge in [-0.1, -0.05) is 245 Å². The molecule has 1 heteroatoms. The molecule has 0 amide bonds. The Morgan fingerprint density at radius 2 is 0.362 bits per heavy atom. The van der Waals surface area contributed by atoms with Crippen molar-refractivity contribution in [1.82, 2.24) is 0 Å². The molecular formula is C46H86Ni. The molecule has 0 aliphatic carbocycles. The molecule has 0 aliphatic rings. The van der Waals surface area contributed by atoms with Crippen molar-refractivity contribution in [1.29, 1.82) is 0 Å². The number of rotatable bonds is 38. The Labute approximate surface area is 310 Å². The molecule has 0 aromatic carbocycles. The van der Waals surface area contributed by atoms with E-state index in [1.165, 1.54) is 244 Å². The standard InChI is InChI=1S/2C23H43.Ni/c2*1-3-5-7-9-11-13-15-17-19-21-23-22-20-18-16-14-12-10-8-6-4-2;/h2*3,5-23H2,1H3;/q2*-1;+2. The molecule has 0 heterocycles. The monoisotopic (exact) mass is 697 g/mol. The fraction of sp³-hybridized carbons (Fsp3) is 0.913. The van der Waals surface area contributed by atoms with Gasteiger partial charge < -0.3 is 24.7 Å². The first-order valence-electron chi connectivity index (χ1n) is 21.6. The van der Waals surface area contributed by atoms with E-state index in [1.54, 1.807) is 0 Å². The second kappa shape index (κ2) is 52.4. The number of unbranched alkanes of at least 4 members (excludes halogenated alkanes) is 38. The van der Waals surface area contributed by atoms with Crippen molar-refractivity contribution in [2.45, 2.75) is 271 Å². The minimum absolute atomic E-state index is 0. The predicted molar refractivity (Wildman–Crippen MR) is 210 cm³/mol. The van der Waals surface area contributed by atoms with Gasteiger partial charge in [0.1, 0.15) is 0 Å². The van der Waals surface area contributed by atoms with Crippen LogP contribution in [0, 0.1) is 24.7 Å². The van der Waals surface area contributed by atoms with Gasteiger partial charge >= 0.3 is 16.5 Å². The number of hydrogen-bond acceptors (Lipinski definition) is 0. The van der Waals surface area contributed by atoms with E-state index < -0.39 is 0 Å². The Balaban J connectivity index is -0.000000807. The Kier molecular flexibility index (Phi) is 56.9. The molecular weight excluding hydrogens is 611 g/mol. The topological polar surface area (TPSA) is 0 Å². The molecule has 0 saturated heterocycles. The van der Waals surface area contributed by atoms with Crippen LogP contribution in [0.25, 0.3) is 0 Å². The molecule has 0 rings (SSSR count). The quantitative estimate of drug-likeness (QED) is 0.0261. The molecule has 0 aromatic heterocycles. The minimum Gasteiger partial charge on any atom is -0.694 e. The molecule has 280 valence electrons. The normalized spacial score (nSPS) is 10.6. The zero-order valence-corrected chi connectivity index (χ0v) is 33.6. The first-order chi connectivity index (χ1) is 22.8. The summed E-state index contributed by atoms with van der Waals surface area (Å²) < 4.78 is 0. The van der Waals surface area contributed by atoms with Gasteiger partial charge in [0.25, 0.3) is 0 Å². The van der Waals surface area contributed by atoms with Crippen molar-refractivity contribution in [2.75, 3.05) is 0 Å². The van der Waals surface area contributed by atoms with Crippen molar-refractivity contribution >= 4 is 0 Å². The summed E-state index contributed by atoms with van der Waals surface area (Å²) in [4.78, 5) is 0. The van der Waals surface area contributed by atoms with E-state index in [1.807, 2.05) is 0 Å². The van der Waals surface area contributed by atoms with Crippen molar-refractivity contribution in [3.63, 3.8) is 0 Å². The Bertz CT molecular complexity index is 529. The van der Waals surface area contributed by atoms with E-state index in [-0.39, 0.29) is 16.5 Å². The Morgan fingerprint density at radius 1 is 0.234 bits per heavy atom. The number of hydrogen-bond donors (Lipinski definition) is 0. The molecule has 0 unspecified atom stereocenters. The average Bonchev–Trinajstić information content (AvgIpc) is 3.07. The van der Waals surface area contributed by atoms with Crippen LogP contribution in [0.15, 0.2) is 0 Å². The molecule has 0 atom stereocenters. The fourth-order valence-electron chi connectivity index (χ4n) is 6.58. The zero-order valence-electron chi connectivity index (χ0n) is 32.6. The second-order valence-corrected chi connectivity index (χ2v) is 14.6. The molecule has 0 nitrogen and oxygen atoms in total. The summed E-state index contributed by atoms with van der Waals surface area (Å²) in [6.45, 7) is 4.59. The maximum Gasteiger partial charge on any atom is 2.00 e. The smallest absolute Gasteiger partial charge is 0.694 e. The minimum atomic E-state index is 0. The van der Waals surface area contributed by atoms with Crippen LogP contribution in [0.4, 0.5) is 0 Å². The van der Waals surface area contributed by atoms with E-state index in [4.69, 9.17) is 12.8 Å². The predicted octanol–water partition coefficient (Wildman–Crippen LogP) is 16.8. The van der Waals surface area contributed by atoms with E-state index in [0.29, 0.717) is 0 Å². The van der Waals surface area contributed by atoms with Crippen LogP contribution in [0.3, 0.4) is 0 Å². The summed E-state index contributed by atoms with van der Waals surface area (Å²) in [7, 11) is 0. The molecule has 0 N–H and O–H groups in total. The third-order valence-electron chi connectivity index (χ3n) is 9.81. The van der Waals surface area contributed by atoms with Gasteiger partial charge in [-0.25, -0.2) is 0 Å². The van der Waals surface area contributed by atoms with Crippen LogP contribution >= 0.6 is 0 Å². The van der Waals surface area contributed by atoms with E-state index in [9.17, 15) is 0 Å². The molecule has 47 heavy (non-hydrogen) atoms. The van der Waals surface area contributed by atoms with Gasteiger partial charge in [0.15, 0.2) is 0 Å². The summed E-state index contributed by atoms with van der Waals surface area (Å²) in [6.07, 6.45) is 69.5. The van der Waals surface area contributed by atoms with Crippen LogP contribution < -0.4 is 0 Å². The largest absolute Gasteiger partial charge is 2.00 e. The fourth-order valence-corrected chi connectivity index (χ4v) is 6.58. The molecule has 0 radical (unpaired) electrons. The second-order valence-electron chi connectivity index (χ2n) is 14.6. The van der Waals surface area contributed by atoms with Crippen molar-refractivity contribution in [3.8, 4) is 11.8 Å². The molecule has 0 bridgehead atoms. The maximum absolute atomic E-state index is 6.86. The van der Waals surface area contributed by atoms with E-state index in [0.717, 1.165) is 12.8 Å². The molecule has 0 aromatic rings. The Morgan fingerprint density at radius 3 is 0.489 bits per heavy atom. The van der Waals surface area contributed by atoms with Gasteiger partial charge in [0.2, 0.25) is 0 Å². The first-order valence-corrected chi connectivity index (χ1v) is 21.6. The Hall–Kier alpha value is -0.386. The third-order valence-corrected chi connectivity index (χ3v) is 9.81. The zero-order chi connectivity index (χ0) is 33.7. The van der Waals surface area contributed by atoms with Crippen LogP contribution in [0.1, 0.15) is 271 Å². The van der Waals surface area contributed by atoms with Gasteiger partial charge in [-0.2, -0.15) is 0 Å². The van der Waals surface area contributed by atoms with Crippen LogP contribution in [0.5, 0.6) is 0 Å². The summed E-state index contributed by atoms with van der Waals surface area (Å²) in [5, 5.41) is 0. The molecule has 0 saturated carbocycles. The summed E-state index contributed by atoms with van der Waals surface area (Å²) >= 11 is 0. The van der Waals surface area contributed by atoms with Gasteiger partial charge in [-0.05, 0) is 25.7 Å². The van der Waals surface area contributed by atoms with Crippen molar-refractivity contribution in [3.05, 3.63) is 12.8 Å². The van der Waals surface area contributed by atoms with E-state index >= 15 is 0 Å². The summed E-state index contributed by atoms with van der Waals surface area (Å²) in [6, 6.07) is 0.